The lowest BCUT2D eigenvalue weighted by molar-refractivity contribution is -0.117. The first-order valence-corrected chi connectivity index (χ1v) is 7.36. The molecule has 0 spiro atoms. The molecule has 1 aliphatic heterocycles. The van der Waals surface area contributed by atoms with Crippen LogP contribution >= 0.6 is 0 Å². The van der Waals surface area contributed by atoms with Crippen molar-refractivity contribution < 1.29 is 13.6 Å². The molecule has 1 aliphatic rings. The molecule has 120 valence electrons. The van der Waals surface area contributed by atoms with Gasteiger partial charge in [0.05, 0.1) is 0 Å². The van der Waals surface area contributed by atoms with Crippen molar-refractivity contribution in [1.82, 2.24) is 10.9 Å². The van der Waals surface area contributed by atoms with E-state index in [1.54, 1.807) is 31.2 Å². The Labute approximate surface area is 132 Å². The molecule has 1 amide bonds. The number of carbonyl (C=O) groups is 1. The maximum Gasteiger partial charge on any atom is 0.242 e. The Morgan fingerprint density at radius 1 is 1.13 bits per heavy atom. The van der Waals surface area contributed by atoms with Gasteiger partial charge in [-0.25, -0.2) is 19.6 Å². The monoisotopic (exact) mass is 317 g/mol. The molecule has 0 aliphatic carbocycles. The van der Waals surface area contributed by atoms with Crippen molar-refractivity contribution in [2.24, 2.45) is 0 Å². The van der Waals surface area contributed by atoms with Crippen LogP contribution in [0.4, 0.5) is 14.5 Å². The molecule has 2 atom stereocenters. The van der Waals surface area contributed by atoms with Gasteiger partial charge in [-0.2, -0.15) is 0 Å². The summed E-state index contributed by atoms with van der Waals surface area (Å²) in [5.41, 5.74) is 7.79. The second-order valence-electron chi connectivity index (χ2n) is 5.63. The van der Waals surface area contributed by atoms with Crippen molar-refractivity contribution >= 4 is 11.6 Å². The molecular formula is C17H17F2N3O. The number of hydrazine groups is 1. The average Bonchev–Trinajstić information content (AvgIpc) is 3.02. The van der Waals surface area contributed by atoms with E-state index in [4.69, 9.17) is 0 Å². The smallest absolute Gasteiger partial charge is 0.242 e. The third-order valence-electron chi connectivity index (χ3n) is 3.93. The van der Waals surface area contributed by atoms with Crippen LogP contribution in [0.25, 0.3) is 0 Å². The second-order valence-corrected chi connectivity index (χ2v) is 5.63. The van der Waals surface area contributed by atoms with E-state index in [0.717, 1.165) is 5.56 Å². The maximum absolute atomic E-state index is 13.5. The van der Waals surface area contributed by atoms with Crippen molar-refractivity contribution in [2.75, 3.05) is 5.32 Å². The predicted octanol–water partition coefficient (Wildman–Crippen LogP) is 2.82. The van der Waals surface area contributed by atoms with E-state index < -0.39 is 6.04 Å². The molecule has 2 aromatic carbocycles. The van der Waals surface area contributed by atoms with E-state index in [1.165, 1.54) is 18.2 Å². The molecule has 0 bridgehead atoms. The van der Waals surface area contributed by atoms with Gasteiger partial charge in [-0.1, -0.05) is 18.2 Å². The summed E-state index contributed by atoms with van der Waals surface area (Å²) in [5, 5.41) is 2.69. The van der Waals surface area contributed by atoms with Gasteiger partial charge in [-0.15, -0.1) is 0 Å². The second kappa shape index (κ2) is 6.44. The van der Waals surface area contributed by atoms with Gasteiger partial charge in [0, 0.05) is 11.7 Å². The van der Waals surface area contributed by atoms with Crippen molar-refractivity contribution in [3.8, 4) is 0 Å². The number of hydrogen-bond donors (Lipinski definition) is 3. The molecule has 2 unspecified atom stereocenters. The summed E-state index contributed by atoms with van der Waals surface area (Å²) in [6.45, 7) is 1.66. The third-order valence-corrected chi connectivity index (χ3v) is 3.93. The zero-order chi connectivity index (χ0) is 16.4. The van der Waals surface area contributed by atoms with Gasteiger partial charge in [0.2, 0.25) is 5.91 Å². The lowest BCUT2D eigenvalue weighted by Crippen LogP contribution is -2.39. The molecule has 3 N–H and O–H groups in total. The number of rotatable bonds is 3. The Balaban J connectivity index is 1.63. The van der Waals surface area contributed by atoms with Gasteiger partial charge in [0.25, 0.3) is 0 Å². The van der Waals surface area contributed by atoms with Gasteiger partial charge >= 0.3 is 0 Å². The molecule has 23 heavy (non-hydrogen) atoms. The number of amides is 1. The number of aryl methyl sites for hydroxylation is 1. The summed E-state index contributed by atoms with van der Waals surface area (Å²) in [5.74, 6) is -0.898. The Morgan fingerprint density at radius 2 is 1.87 bits per heavy atom. The number of carbonyl (C=O) groups excluding carboxylic acids is 1. The fourth-order valence-electron chi connectivity index (χ4n) is 2.54. The highest BCUT2D eigenvalue weighted by Crippen LogP contribution is 2.23. The molecule has 3 rings (SSSR count). The number of hydrogen-bond acceptors (Lipinski definition) is 3. The summed E-state index contributed by atoms with van der Waals surface area (Å²) >= 11 is 0. The predicted molar refractivity (Wildman–Crippen MR) is 83.6 cm³/mol. The fraction of sp³-hybridized carbons (Fsp3) is 0.235. The molecular weight excluding hydrogens is 300 g/mol. The van der Waals surface area contributed by atoms with Gasteiger partial charge in [0.15, 0.2) is 0 Å². The van der Waals surface area contributed by atoms with Gasteiger partial charge < -0.3 is 5.32 Å². The highest BCUT2D eigenvalue weighted by atomic mass is 19.1. The highest BCUT2D eigenvalue weighted by Gasteiger charge is 2.30. The number of anilines is 1. The third kappa shape index (κ3) is 3.55. The van der Waals surface area contributed by atoms with Crippen LogP contribution in [-0.2, 0) is 4.79 Å². The first kappa shape index (κ1) is 15.6. The Kier molecular flexibility index (Phi) is 4.36. The van der Waals surface area contributed by atoms with Crippen LogP contribution < -0.4 is 16.2 Å². The average molecular weight is 317 g/mol. The Morgan fingerprint density at radius 3 is 2.57 bits per heavy atom. The van der Waals surface area contributed by atoms with Crippen LogP contribution in [0.5, 0.6) is 0 Å². The molecule has 0 radical (unpaired) electrons. The van der Waals surface area contributed by atoms with Crippen LogP contribution in [0, 0.1) is 18.6 Å². The van der Waals surface area contributed by atoms with Crippen molar-refractivity contribution in [3.63, 3.8) is 0 Å². The zero-order valence-electron chi connectivity index (χ0n) is 12.6. The van der Waals surface area contributed by atoms with E-state index in [0.29, 0.717) is 17.7 Å². The standard InChI is InChI=1S/C17H17F2N3O/c1-10-2-7-13(8-14(10)19)20-17(23)16-9-15(21-22-16)11-3-5-12(18)6-4-11/h2-8,15-16,21-22H,9H2,1H3,(H,20,23). The van der Waals surface area contributed by atoms with E-state index in [-0.39, 0.29) is 23.6 Å². The largest absolute Gasteiger partial charge is 0.325 e. The highest BCUT2D eigenvalue weighted by molar-refractivity contribution is 5.95. The lowest BCUT2D eigenvalue weighted by atomic mass is 10.0. The maximum atomic E-state index is 13.5. The molecule has 0 aromatic heterocycles. The molecule has 2 aromatic rings. The summed E-state index contributed by atoms with van der Waals surface area (Å²) < 4.78 is 26.5. The zero-order valence-corrected chi connectivity index (χ0v) is 12.6. The molecule has 6 heteroatoms. The minimum Gasteiger partial charge on any atom is -0.325 e. The first-order chi connectivity index (χ1) is 11.0. The molecule has 1 saturated heterocycles. The normalized spacial score (nSPS) is 20.5. The molecule has 4 nitrogen and oxygen atoms in total. The minimum atomic E-state index is -0.450. The summed E-state index contributed by atoms with van der Waals surface area (Å²) in [6.07, 6.45) is 0.520. The number of benzene rings is 2. The summed E-state index contributed by atoms with van der Waals surface area (Å²) in [6, 6.07) is 10.2. The van der Waals surface area contributed by atoms with E-state index in [1.807, 2.05) is 0 Å². The SMILES string of the molecule is Cc1ccc(NC(=O)C2CC(c3ccc(F)cc3)NN2)cc1F. The van der Waals surface area contributed by atoms with Crippen LogP contribution in [0.3, 0.4) is 0 Å². The van der Waals surface area contributed by atoms with Gasteiger partial charge in [-0.05, 0) is 48.7 Å². The molecule has 1 heterocycles. The van der Waals surface area contributed by atoms with Crippen LogP contribution in [-0.4, -0.2) is 11.9 Å². The van der Waals surface area contributed by atoms with E-state index >= 15 is 0 Å². The van der Waals surface area contributed by atoms with E-state index in [2.05, 4.69) is 16.2 Å². The van der Waals surface area contributed by atoms with Crippen molar-refractivity contribution in [1.29, 1.82) is 0 Å². The molecule has 0 saturated carbocycles. The quantitative estimate of drug-likeness (QED) is 0.816. The van der Waals surface area contributed by atoms with Crippen molar-refractivity contribution in [3.05, 3.63) is 65.2 Å². The fourth-order valence-corrected chi connectivity index (χ4v) is 2.54. The summed E-state index contributed by atoms with van der Waals surface area (Å²) in [4.78, 5) is 12.2. The Bertz CT molecular complexity index is 718. The van der Waals surface area contributed by atoms with Gasteiger partial charge in [-0.3, -0.25) is 4.79 Å². The number of nitrogens with one attached hydrogen (secondary N) is 3. The topological polar surface area (TPSA) is 53.2 Å². The van der Waals surface area contributed by atoms with E-state index in [9.17, 15) is 13.6 Å². The summed E-state index contributed by atoms with van der Waals surface area (Å²) in [7, 11) is 0. The molecule has 1 fully saturated rings. The van der Waals surface area contributed by atoms with Crippen molar-refractivity contribution in [2.45, 2.75) is 25.4 Å². The van der Waals surface area contributed by atoms with Crippen LogP contribution in [0.15, 0.2) is 42.5 Å². The van der Waals surface area contributed by atoms with Gasteiger partial charge in [0.1, 0.15) is 17.7 Å². The first-order valence-electron chi connectivity index (χ1n) is 7.36. The minimum absolute atomic E-state index is 0.0823. The van der Waals surface area contributed by atoms with Crippen LogP contribution in [0.2, 0.25) is 0 Å². The van der Waals surface area contributed by atoms with Crippen LogP contribution in [0.1, 0.15) is 23.6 Å². The number of halogens is 2. The Hall–Kier alpha value is -2.31. The lowest BCUT2D eigenvalue weighted by Gasteiger charge is -2.11.